The average Bonchev–Trinajstić information content (AvgIpc) is 3.53. The van der Waals surface area contributed by atoms with Crippen LogP contribution in [0.15, 0.2) is 48.8 Å². The molecular weight excluding hydrogens is 627 g/mol. The van der Waals surface area contributed by atoms with Gasteiger partial charge in [0.1, 0.15) is 0 Å². The molecule has 0 unspecified atom stereocenters. The van der Waals surface area contributed by atoms with E-state index in [4.69, 9.17) is 9.97 Å². The molecule has 0 aliphatic heterocycles. The van der Waals surface area contributed by atoms with Crippen LogP contribution in [-0.4, -0.2) is 39.5 Å². The van der Waals surface area contributed by atoms with Crippen LogP contribution in [0.5, 0.6) is 0 Å². The number of aromatic nitrogens is 8. The third-order valence-corrected chi connectivity index (χ3v) is 8.89. The molecule has 0 atom stereocenters. The monoisotopic (exact) mass is 671 g/mol. The van der Waals surface area contributed by atoms with Crippen LogP contribution in [-0.2, 0) is 16.8 Å². The second-order valence-electron chi connectivity index (χ2n) is 12.4. The fraction of sp³-hybridized carbons (Fsp3) is 0.316. The molecule has 0 N–H and O–H groups in total. The van der Waals surface area contributed by atoms with E-state index in [9.17, 15) is 0 Å². The number of hydrogen-bond acceptors (Lipinski definition) is 6. The molecule has 0 aliphatic rings. The van der Waals surface area contributed by atoms with Crippen LogP contribution in [0.25, 0.3) is 34.4 Å². The molecule has 8 nitrogen and oxygen atoms in total. The average molecular weight is 672 g/mol. The number of pyridine rings is 4. The van der Waals surface area contributed by atoms with Gasteiger partial charge in [0.05, 0.1) is 34.2 Å². The predicted molar refractivity (Wildman–Crippen MR) is 186 cm³/mol. The molecule has 0 fully saturated rings. The second kappa shape index (κ2) is 14.1. The van der Waals surface area contributed by atoms with E-state index < -0.39 is 0 Å². The first-order valence-electron chi connectivity index (χ1n) is 15.7. The largest absolute Gasteiger partial charge is 3.00 e. The topological polar surface area (TPSA) is 87.2 Å². The molecule has 6 aromatic rings. The van der Waals surface area contributed by atoms with Gasteiger partial charge < -0.3 is 0 Å². The minimum absolute atomic E-state index is 0. The smallest absolute Gasteiger partial charge is 0.254 e. The van der Waals surface area contributed by atoms with Gasteiger partial charge in [-0.2, -0.15) is 10.2 Å². The van der Waals surface area contributed by atoms with Gasteiger partial charge in [-0.25, -0.2) is 19.3 Å². The normalized spacial score (nSPS) is 10.8. The summed E-state index contributed by atoms with van der Waals surface area (Å²) in [6.07, 6.45) is 3.70. The van der Waals surface area contributed by atoms with Crippen LogP contribution in [0.2, 0.25) is 0 Å². The van der Waals surface area contributed by atoms with E-state index in [1.165, 1.54) is 33.4 Å². The molecule has 0 saturated heterocycles. The Morgan fingerprint density at radius 3 is 1.09 bits per heavy atom. The Balaban J connectivity index is 0.000000208. The summed E-state index contributed by atoms with van der Waals surface area (Å²) in [5, 5.41) is 9.12. The van der Waals surface area contributed by atoms with Crippen molar-refractivity contribution >= 4 is 0 Å². The molecule has 0 bridgehead atoms. The molecule has 242 valence electrons. The van der Waals surface area contributed by atoms with Crippen molar-refractivity contribution in [2.45, 2.75) is 83.1 Å². The van der Waals surface area contributed by atoms with Crippen molar-refractivity contribution in [2.24, 2.45) is 0 Å². The second-order valence-corrected chi connectivity index (χ2v) is 12.4. The molecule has 0 radical (unpaired) electrons. The van der Waals surface area contributed by atoms with Gasteiger partial charge >= 0.3 is 16.8 Å². The Bertz CT molecular complexity index is 1940. The first kappa shape index (κ1) is 35.4. The van der Waals surface area contributed by atoms with Crippen LogP contribution >= 0.6 is 0 Å². The number of rotatable bonds is 4. The molecule has 0 aliphatic carbocycles. The van der Waals surface area contributed by atoms with E-state index >= 15 is 0 Å². The summed E-state index contributed by atoms with van der Waals surface area (Å²) in [5.74, 6) is 1.69. The minimum Gasteiger partial charge on any atom is -0.254 e. The van der Waals surface area contributed by atoms with Gasteiger partial charge in [0.15, 0.2) is 11.6 Å². The molecule has 6 rings (SSSR count). The van der Waals surface area contributed by atoms with E-state index in [0.29, 0.717) is 0 Å². The molecular formula is C38H44CoN8+3. The summed E-state index contributed by atoms with van der Waals surface area (Å²) < 4.78 is 3.80. The van der Waals surface area contributed by atoms with Gasteiger partial charge in [0.25, 0.3) is 0 Å². The zero-order valence-corrected chi connectivity index (χ0v) is 30.6. The van der Waals surface area contributed by atoms with Crippen LogP contribution in [0, 0.1) is 83.1 Å². The van der Waals surface area contributed by atoms with Crippen molar-refractivity contribution in [3.8, 4) is 34.4 Å². The van der Waals surface area contributed by atoms with Gasteiger partial charge in [-0.15, -0.1) is 0 Å². The summed E-state index contributed by atoms with van der Waals surface area (Å²) in [4.78, 5) is 18.9. The van der Waals surface area contributed by atoms with Crippen molar-refractivity contribution in [2.75, 3.05) is 0 Å². The van der Waals surface area contributed by atoms with Crippen LogP contribution < -0.4 is 0 Å². The van der Waals surface area contributed by atoms with Crippen molar-refractivity contribution in [3.63, 3.8) is 0 Å². The Labute approximate surface area is 289 Å². The number of hydrogen-bond donors (Lipinski definition) is 0. The van der Waals surface area contributed by atoms with E-state index in [1.54, 1.807) is 0 Å². The summed E-state index contributed by atoms with van der Waals surface area (Å²) in [5.41, 5.74) is 17.5. The first-order chi connectivity index (χ1) is 21.8. The molecule has 47 heavy (non-hydrogen) atoms. The molecule has 6 aromatic heterocycles. The Kier molecular flexibility index (Phi) is 10.6. The molecule has 9 heteroatoms. The molecule has 0 aromatic carbocycles. The Hall–Kier alpha value is -4.47. The summed E-state index contributed by atoms with van der Waals surface area (Å²) >= 11 is 0. The van der Waals surface area contributed by atoms with Crippen molar-refractivity contribution in [1.82, 2.24) is 39.5 Å². The zero-order valence-electron chi connectivity index (χ0n) is 29.5. The molecule has 6 heterocycles. The summed E-state index contributed by atoms with van der Waals surface area (Å²) in [6.45, 7) is 24.9. The van der Waals surface area contributed by atoms with Crippen LogP contribution in [0.4, 0.5) is 0 Å². The number of nitrogens with zero attached hydrogens (tertiary/aromatic N) is 8. The third-order valence-electron chi connectivity index (χ3n) is 8.89. The van der Waals surface area contributed by atoms with Crippen LogP contribution in [0.3, 0.4) is 0 Å². The van der Waals surface area contributed by atoms with E-state index in [-0.39, 0.29) is 16.8 Å². The van der Waals surface area contributed by atoms with Crippen LogP contribution in [0.1, 0.15) is 67.3 Å². The van der Waals surface area contributed by atoms with E-state index in [0.717, 1.165) is 68.3 Å². The van der Waals surface area contributed by atoms with Crippen molar-refractivity contribution in [3.05, 3.63) is 116 Å². The summed E-state index contributed by atoms with van der Waals surface area (Å²) in [6, 6.07) is 12.4. The maximum atomic E-state index is 4.89. The fourth-order valence-electron chi connectivity index (χ4n) is 5.58. The maximum absolute atomic E-state index is 4.89. The molecule has 0 amide bonds. The Morgan fingerprint density at radius 2 is 0.766 bits per heavy atom. The quantitative estimate of drug-likeness (QED) is 0.187. The number of aryl methyl sites for hydroxylation is 8. The third kappa shape index (κ3) is 7.11. The maximum Gasteiger partial charge on any atom is 3.00 e. The minimum atomic E-state index is 0. The van der Waals surface area contributed by atoms with Crippen molar-refractivity contribution in [1.29, 1.82) is 0 Å². The standard InChI is InChI=1S/2C19H22N4.Co/c2*1-11-7-8-20-18(15(11)5)19-16(6)12(2)9-17(21-19)23-14(4)10-13(3)22-23;/h2*7-10H,1-6H3;/q;;+3. The first-order valence-corrected chi connectivity index (χ1v) is 15.7. The van der Waals surface area contributed by atoms with Gasteiger partial charge in [0, 0.05) is 23.8 Å². The van der Waals surface area contributed by atoms with E-state index in [2.05, 4.69) is 99.8 Å². The predicted octanol–water partition coefficient (Wildman–Crippen LogP) is 8.36. The Morgan fingerprint density at radius 1 is 0.426 bits per heavy atom. The zero-order chi connectivity index (χ0) is 33.4. The van der Waals surface area contributed by atoms with Gasteiger partial charge in [-0.05, 0) is 164 Å². The fourth-order valence-corrected chi connectivity index (χ4v) is 5.58. The summed E-state index contributed by atoms with van der Waals surface area (Å²) in [7, 11) is 0. The van der Waals surface area contributed by atoms with E-state index in [1.807, 2.05) is 61.6 Å². The van der Waals surface area contributed by atoms with Gasteiger partial charge in [-0.3, -0.25) is 9.97 Å². The van der Waals surface area contributed by atoms with Gasteiger partial charge in [-0.1, -0.05) is 0 Å². The SMILES string of the molecule is Cc1cc(C)n(-c2cc(C)c(C)c(-c3nccc(C)c3C)n2)n1.Cc1cc(C)n(-c2cc(C)c(C)c(-c3nccc(C)c3C)n2)n1.[Co+3]. The van der Waals surface area contributed by atoms with Crippen molar-refractivity contribution < 1.29 is 16.8 Å². The van der Waals surface area contributed by atoms with Gasteiger partial charge in [0.2, 0.25) is 0 Å². The molecule has 0 spiro atoms. The molecule has 0 saturated carbocycles.